The van der Waals surface area contributed by atoms with Gasteiger partial charge >= 0.3 is 12.1 Å². The van der Waals surface area contributed by atoms with Crippen LogP contribution in [0.2, 0.25) is 5.02 Å². The second-order valence-electron chi connectivity index (χ2n) is 10.4. The van der Waals surface area contributed by atoms with Crippen molar-refractivity contribution in [1.29, 1.82) is 0 Å². The topological polar surface area (TPSA) is 127 Å². The summed E-state index contributed by atoms with van der Waals surface area (Å²) in [7, 11) is 0. The number of hydrogen-bond acceptors (Lipinski definition) is 8. The fourth-order valence-electron chi connectivity index (χ4n) is 4.09. The first kappa shape index (κ1) is 27.3. The number of aromatic nitrogens is 2. The van der Waals surface area contributed by atoms with E-state index in [1.807, 2.05) is 44.2 Å². The molecule has 0 bridgehead atoms. The summed E-state index contributed by atoms with van der Waals surface area (Å²) in [6.45, 7) is 9.30. The molecule has 0 aliphatic carbocycles. The first-order chi connectivity index (χ1) is 17.9. The maximum atomic E-state index is 12.5. The van der Waals surface area contributed by atoms with E-state index in [2.05, 4.69) is 15.5 Å². The van der Waals surface area contributed by atoms with E-state index in [9.17, 15) is 14.7 Å². The highest BCUT2D eigenvalue weighted by Gasteiger charge is 2.41. The van der Waals surface area contributed by atoms with Crippen molar-refractivity contribution in [3.8, 4) is 28.6 Å². The van der Waals surface area contributed by atoms with Gasteiger partial charge in [-0.15, -0.1) is 0 Å². The third-order valence-corrected chi connectivity index (χ3v) is 5.99. The van der Waals surface area contributed by atoms with E-state index in [0.29, 0.717) is 33.6 Å². The Morgan fingerprint density at radius 2 is 1.84 bits per heavy atom. The van der Waals surface area contributed by atoms with Gasteiger partial charge in [0, 0.05) is 35.8 Å². The van der Waals surface area contributed by atoms with Crippen LogP contribution in [0.4, 0.5) is 10.5 Å². The Bertz CT molecular complexity index is 1300. The number of carbonyl (C=O) groups is 2. The molecule has 3 aromatic rings. The molecule has 38 heavy (non-hydrogen) atoms. The monoisotopic (exact) mass is 542 g/mol. The molecule has 1 amide bonds. The number of anilines is 1. The quantitative estimate of drug-likeness (QED) is 0.385. The molecule has 1 aromatic heterocycles. The SMILES string of the molecule is CC(C)Oc1ccc(-c2noc(-c3ccc(NC4C[C@H](C(=O)O)N(C(=O)OC(C)(C)C)C4)cc3)n2)cc1Cl. The van der Waals surface area contributed by atoms with E-state index in [4.69, 9.17) is 25.6 Å². The van der Waals surface area contributed by atoms with Gasteiger partial charge < -0.3 is 24.4 Å². The molecule has 2 aromatic carbocycles. The van der Waals surface area contributed by atoms with Crippen molar-refractivity contribution in [1.82, 2.24) is 15.0 Å². The highest BCUT2D eigenvalue weighted by atomic mass is 35.5. The smallest absolute Gasteiger partial charge is 0.411 e. The standard InChI is InChI=1S/C27H31ClN4O6/c1-15(2)36-22-11-8-17(12-20(22)28)23-30-24(38-31-23)16-6-9-18(10-7-16)29-19-13-21(25(33)34)32(14-19)26(35)37-27(3,4)5/h6-12,15,19,21,29H,13-14H2,1-5H3,(H,33,34)/t19?,21-/m1/s1. The summed E-state index contributed by atoms with van der Waals surface area (Å²) in [5, 5.41) is 17.4. The fraction of sp³-hybridized carbons (Fsp3) is 0.407. The number of carbonyl (C=O) groups excluding carboxylic acids is 1. The van der Waals surface area contributed by atoms with Crippen molar-refractivity contribution < 1.29 is 28.7 Å². The van der Waals surface area contributed by atoms with Crippen molar-refractivity contribution in [3.05, 3.63) is 47.5 Å². The van der Waals surface area contributed by atoms with Gasteiger partial charge in [-0.2, -0.15) is 4.98 Å². The molecule has 11 heteroatoms. The number of benzene rings is 2. The number of amides is 1. The third-order valence-electron chi connectivity index (χ3n) is 5.70. The normalized spacial score (nSPS) is 17.5. The zero-order valence-corrected chi connectivity index (χ0v) is 22.7. The predicted molar refractivity (Wildman–Crippen MR) is 142 cm³/mol. The lowest BCUT2D eigenvalue weighted by Crippen LogP contribution is -2.43. The number of carboxylic acids is 1. The molecule has 1 aliphatic heterocycles. The van der Waals surface area contributed by atoms with E-state index in [1.54, 1.807) is 32.9 Å². The van der Waals surface area contributed by atoms with Crippen LogP contribution in [0.1, 0.15) is 41.0 Å². The number of likely N-dealkylation sites (tertiary alicyclic amines) is 1. The zero-order chi connectivity index (χ0) is 27.6. The molecule has 2 atom stereocenters. The van der Waals surface area contributed by atoms with Crippen LogP contribution in [-0.4, -0.2) is 62.5 Å². The van der Waals surface area contributed by atoms with Gasteiger partial charge in [-0.1, -0.05) is 16.8 Å². The van der Waals surface area contributed by atoms with Gasteiger partial charge in [-0.3, -0.25) is 4.90 Å². The molecular formula is C27H31ClN4O6. The molecule has 0 radical (unpaired) electrons. The van der Waals surface area contributed by atoms with Crippen LogP contribution >= 0.6 is 11.6 Å². The van der Waals surface area contributed by atoms with Crippen molar-refractivity contribution in [2.24, 2.45) is 0 Å². The summed E-state index contributed by atoms with van der Waals surface area (Å²) in [6.07, 6.45) is -0.378. The van der Waals surface area contributed by atoms with Crippen LogP contribution in [0.25, 0.3) is 22.8 Å². The summed E-state index contributed by atoms with van der Waals surface area (Å²) in [5.41, 5.74) is 1.46. The van der Waals surface area contributed by atoms with Crippen molar-refractivity contribution >= 4 is 29.4 Å². The third kappa shape index (κ3) is 6.55. The molecule has 1 aliphatic rings. The Kier molecular flexibility index (Phi) is 7.82. The lowest BCUT2D eigenvalue weighted by atomic mass is 10.1. The molecule has 1 unspecified atom stereocenters. The lowest BCUT2D eigenvalue weighted by molar-refractivity contribution is -0.142. The second-order valence-corrected chi connectivity index (χ2v) is 10.8. The van der Waals surface area contributed by atoms with Gasteiger partial charge in [0.1, 0.15) is 17.4 Å². The average Bonchev–Trinajstić information content (AvgIpc) is 3.48. The highest BCUT2D eigenvalue weighted by Crippen LogP contribution is 2.31. The number of hydrogen-bond donors (Lipinski definition) is 2. The maximum Gasteiger partial charge on any atom is 0.411 e. The molecule has 0 spiro atoms. The predicted octanol–water partition coefficient (Wildman–Crippen LogP) is 5.72. The van der Waals surface area contributed by atoms with E-state index in [1.165, 1.54) is 4.90 Å². The number of carboxylic acid groups (broad SMARTS) is 1. The van der Waals surface area contributed by atoms with E-state index < -0.39 is 23.7 Å². The van der Waals surface area contributed by atoms with Crippen LogP contribution in [0, 0.1) is 0 Å². The Morgan fingerprint density at radius 1 is 1.16 bits per heavy atom. The van der Waals surface area contributed by atoms with Gasteiger partial charge in [0.05, 0.1) is 11.1 Å². The zero-order valence-electron chi connectivity index (χ0n) is 21.9. The summed E-state index contributed by atoms with van der Waals surface area (Å²) in [6, 6.07) is 11.4. The van der Waals surface area contributed by atoms with Gasteiger partial charge in [0.15, 0.2) is 0 Å². The van der Waals surface area contributed by atoms with Crippen LogP contribution in [0.3, 0.4) is 0 Å². The van der Waals surface area contributed by atoms with E-state index in [-0.39, 0.29) is 25.1 Å². The van der Waals surface area contributed by atoms with Crippen LogP contribution < -0.4 is 10.1 Å². The molecule has 4 rings (SSSR count). The summed E-state index contributed by atoms with van der Waals surface area (Å²) >= 11 is 6.34. The van der Waals surface area contributed by atoms with Crippen LogP contribution in [0.15, 0.2) is 47.0 Å². The fourth-order valence-corrected chi connectivity index (χ4v) is 4.31. The lowest BCUT2D eigenvalue weighted by Gasteiger charge is -2.26. The van der Waals surface area contributed by atoms with Gasteiger partial charge in [-0.05, 0) is 77.1 Å². The minimum Gasteiger partial charge on any atom is -0.489 e. The summed E-state index contributed by atoms with van der Waals surface area (Å²) in [4.78, 5) is 30.0. The molecule has 1 saturated heterocycles. The van der Waals surface area contributed by atoms with Crippen molar-refractivity contribution in [2.75, 3.05) is 11.9 Å². The molecule has 2 N–H and O–H groups in total. The highest BCUT2D eigenvalue weighted by molar-refractivity contribution is 6.32. The number of aliphatic carboxylic acids is 1. The minimum absolute atomic E-state index is 0.00349. The number of halogens is 1. The Hall–Kier alpha value is -3.79. The first-order valence-electron chi connectivity index (χ1n) is 12.3. The van der Waals surface area contributed by atoms with Crippen LogP contribution in [0.5, 0.6) is 5.75 Å². The molecule has 202 valence electrons. The van der Waals surface area contributed by atoms with E-state index in [0.717, 1.165) is 5.69 Å². The largest absolute Gasteiger partial charge is 0.489 e. The summed E-state index contributed by atoms with van der Waals surface area (Å²) in [5.74, 6) is 0.260. The summed E-state index contributed by atoms with van der Waals surface area (Å²) < 4.78 is 16.5. The average molecular weight is 543 g/mol. The molecule has 2 heterocycles. The maximum absolute atomic E-state index is 12.5. The van der Waals surface area contributed by atoms with Gasteiger partial charge in [0.2, 0.25) is 5.82 Å². The number of rotatable bonds is 7. The first-order valence-corrected chi connectivity index (χ1v) is 12.7. The molecule has 10 nitrogen and oxygen atoms in total. The molecule has 1 fully saturated rings. The van der Waals surface area contributed by atoms with Crippen LogP contribution in [-0.2, 0) is 9.53 Å². The van der Waals surface area contributed by atoms with Gasteiger partial charge in [0.25, 0.3) is 5.89 Å². The van der Waals surface area contributed by atoms with Crippen molar-refractivity contribution in [2.45, 2.75) is 64.8 Å². The Balaban J connectivity index is 1.42. The van der Waals surface area contributed by atoms with E-state index >= 15 is 0 Å². The second kappa shape index (κ2) is 10.9. The number of nitrogens with zero attached hydrogens (tertiary/aromatic N) is 3. The Labute approximate surface area is 225 Å². The minimum atomic E-state index is -1.06. The number of ether oxygens (including phenoxy) is 2. The van der Waals surface area contributed by atoms with Crippen molar-refractivity contribution in [3.63, 3.8) is 0 Å². The molecule has 0 saturated carbocycles. The Morgan fingerprint density at radius 3 is 2.45 bits per heavy atom. The number of nitrogens with one attached hydrogen (secondary N) is 1. The van der Waals surface area contributed by atoms with Gasteiger partial charge in [-0.25, -0.2) is 9.59 Å². The molecular weight excluding hydrogens is 512 g/mol.